The topological polar surface area (TPSA) is 29.9 Å². The van der Waals surface area contributed by atoms with Gasteiger partial charge in [0.2, 0.25) is 0 Å². The van der Waals surface area contributed by atoms with Crippen molar-refractivity contribution in [2.75, 3.05) is 0 Å². The molecule has 0 fully saturated rings. The molecule has 0 amide bonds. The van der Waals surface area contributed by atoms with E-state index in [1.54, 1.807) is 0 Å². The van der Waals surface area contributed by atoms with E-state index >= 15 is 0 Å². The maximum absolute atomic E-state index is 6.39. The van der Waals surface area contributed by atoms with Gasteiger partial charge in [-0.3, -0.25) is 4.68 Å². The average molecular weight is 276 g/mol. The van der Waals surface area contributed by atoms with Gasteiger partial charge in [-0.1, -0.05) is 35.9 Å². The third-order valence-electron chi connectivity index (χ3n) is 3.82. The van der Waals surface area contributed by atoms with Crippen LogP contribution in [0.5, 0.6) is 0 Å². The molecule has 0 saturated carbocycles. The fourth-order valence-corrected chi connectivity index (χ4v) is 3.03. The van der Waals surface area contributed by atoms with Crippen LogP contribution in [0.25, 0.3) is 0 Å². The van der Waals surface area contributed by atoms with E-state index in [9.17, 15) is 0 Å². The summed E-state index contributed by atoms with van der Waals surface area (Å²) in [5.74, 6) is 0. The van der Waals surface area contributed by atoms with Crippen LogP contribution in [0.3, 0.4) is 0 Å². The minimum absolute atomic E-state index is 0.343. The number of nitrogens with one attached hydrogen (secondary N) is 1. The summed E-state index contributed by atoms with van der Waals surface area (Å²) < 4.78 is 2.01. The van der Waals surface area contributed by atoms with Crippen LogP contribution in [0.2, 0.25) is 5.02 Å². The first-order valence-corrected chi connectivity index (χ1v) is 7.11. The van der Waals surface area contributed by atoms with E-state index in [-0.39, 0.29) is 0 Å². The van der Waals surface area contributed by atoms with Crippen molar-refractivity contribution < 1.29 is 0 Å². The van der Waals surface area contributed by atoms with Gasteiger partial charge in [0.25, 0.3) is 0 Å². The van der Waals surface area contributed by atoms with Crippen molar-refractivity contribution in [3.05, 3.63) is 51.8 Å². The van der Waals surface area contributed by atoms with Crippen molar-refractivity contribution in [1.29, 1.82) is 0 Å². The lowest BCUT2D eigenvalue weighted by Gasteiger charge is -2.13. The van der Waals surface area contributed by atoms with E-state index in [1.807, 2.05) is 11.6 Å². The molecule has 19 heavy (non-hydrogen) atoms. The second-order valence-electron chi connectivity index (χ2n) is 5.00. The van der Waals surface area contributed by atoms with Crippen LogP contribution >= 0.6 is 11.6 Å². The molecule has 0 radical (unpaired) electrons. The monoisotopic (exact) mass is 275 g/mol. The Hall–Kier alpha value is -1.32. The van der Waals surface area contributed by atoms with Gasteiger partial charge in [0.1, 0.15) is 0 Å². The van der Waals surface area contributed by atoms with Gasteiger partial charge in [-0.15, -0.1) is 0 Å². The first-order chi connectivity index (χ1) is 9.20. The van der Waals surface area contributed by atoms with Gasteiger partial charge in [-0.2, -0.15) is 5.10 Å². The Morgan fingerprint density at radius 3 is 3.00 bits per heavy atom. The largest absolute Gasteiger partial charge is 0.305 e. The van der Waals surface area contributed by atoms with Gasteiger partial charge in [0.15, 0.2) is 0 Å². The lowest BCUT2D eigenvalue weighted by Crippen LogP contribution is -2.17. The van der Waals surface area contributed by atoms with Crippen LogP contribution in [0.4, 0.5) is 0 Å². The second-order valence-corrected chi connectivity index (χ2v) is 5.38. The Morgan fingerprint density at radius 2 is 2.21 bits per heavy atom. The summed E-state index contributed by atoms with van der Waals surface area (Å²) in [7, 11) is 0. The van der Waals surface area contributed by atoms with E-state index in [0.717, 1.165) is 35.9 Å². The van der Waals surface area contributed by atoms with Crippen molar-refractivity contribution in [3.8, 4) is 0 Å². The summed E-state index contributed by atoms with van der Waals surface area (Å²) in [6.07, 6.45) is 0.893. The third kappa shape index (κ3) is 2.17. The van der Waals surface area contributed by atoms with Gasteiger partial charge >= 0.3 is 0 Å². The number of rotatable bonds is 3. The Bertz CT molecular complexity index is 603. The summed E-state index contributed by atoms with van der Waals surface area (Å²) in [6, 6.07) is 8.92. The van der Waals surface area contributed by atoms with E-state index in [4.69, 9.17) is 11.6 Å². The van der Waals surface area contributed by atoms with Crippen molar-refractivity contribution in [2.45, 2.75) is 39.4 Å². The maximum atomic E-state index is 6.39. The molecular weight excluding hydrogens is 258 g/mol. The van der Waals surface area contributed by atoms with Crippen molar-refractivity contribution in [2.24, 2.45) is 0 Å². The lowest BCUT2D eigenvalue weighted by molar-refractivity contribution is 0.536. The molecule has 100 valence electrons. The fourth-order valence-electron chi connectivity index (χ4n) is 2.82. The second kappa shape index (κ2) is 4.99. The Kier molecular flexibility index (Phi) is 3.33. The zero-order chi connectivity index (χ0) is 13.4. The summed E-state index contributed by atoms with van der Waals surface area (Å²) in [5, 5.41) is 8.86. The molecule has 3 rings (SSSR count). The Labute approximate surface area is 118 Å². The third-order valence-corrected chi connectivity index (χ3v) is 4.31. The molecule has 1 unspecified atom stereocenters. The number of fused-ring (bicyclic) bond motifs is 1. The summed E-state index contributed by atoms with van der Waals surface area (Å²) in [4.78, 5) is 0. The van der Waals surface area contributed by atoms with Crippen molar-refractivity contribution in [3.63, 3.8) is 0 Å². The molecule has 0 bridgehead atoms. The van der Waals surface area contributed by atoms with Crippen molar-refractivity contribution >= 4 is 11.6 Å². The van der Waals surface area contributed by atoms with Gasteiger partial charge < -0.3 is 5.32 Å². The Morgan fingerprint density at radius 1 is 1.42 bits per heavy atom. The molecule has 0 spiro atoms. The number of aryl methyl sites for hydroxylation is 2. The molecule has 4 heteroatoms. The average Bonchev–Trinajstić information content (AvgIpc) is 2.95. The number of aromatic nitrogens is 2. The molecule has 1 aromatic carbocycles. The van der Waals surface area contributed by atoms with Crippen LogP contribution in [-0.4, -0.2) is 9.78 Å². The molecule has 1 atom stereocenters. The highest BCUT2D eigenvalue weighted by molar-refractivity contribution is 6.31. The molecule has 2 aromatic rings. The number of hydrogen-bond acceptors (Lipinski definition) is 2. The first kappa shape index (κ1) is 12.7. The maximum Gasteiger partial charge on any atom is 0.0847 e. The number of halogens is 1. The normalized spacial score (nSPS) is 17.7. The van der Waals surface area contributed by atoms with E-state index in [2.05, 4.69) is 41.6 Å². The minimum Gasteiger partial charge on any atom is -0.305 e. The number of benzene rings is 1. The smallest absolute Gasteiger partial charge is 0.0847 e. The zero-order valence-electron chi connectivity index (χ0n) is 11.3. The molecule has 1 aliphatic heterocycles. The molecule has 1 aromatic heterocycles. The van der Waals surface area contributed by atoms with Crippen LogP contribution in [0.1, 0.15) is 35.5 Å². The molecule has 0 saturated heterocycles. The fraction of sp³-hybridized carbons (Fsp3) is 0.400. The van der Waals surface area contributed by atoms with Gasteiger partial charge in [-0.05, 0) is 25.0 Å². The van der Waals surface area contributed by atoms with Crippen molar-refractivity contribution in [1.82, 2.24) is 15.1 Å². The predicted molar refractivity (Wildman–Crippen MR) is 77.4 cm³/mol. The highest BCUT2D eigenvalue weighted by atomic mass is 35.5. The summed E-state index contributed by atoms with van der Waals surface area (Å²) in [5.41, 5.74) is 4.84. The van der Waals surface area contributed by atoms with Crippen LogP contribution in [0.15, 0.2) is 24.3 Å². The van der Waals surface area contributed by atoms with E-state index in [1.165, 1.54) is 11.1 Å². The quantitative estimate of drug-likeness (QED) is 0.932. The molecule has 3 nitrogen and oxygen atoms in total. The number of nitrogens with zero attached hydrogens (tertiary/aromatic N) is 2. The lowest BCUT2D eigenvalue weighted by atomic mass is 10.0. The SMILES string of the molecule is CCn1nc(C)c(Cl)c1CC1NCc2ccccc21. The summed E-state index contributed by atoms with van der Waals surface area (Å²) >= 11 is 6.39. The van der Waals surface area contributed by atoms with Crippen LogP contribution < -0.4 is 5.32 Å². The van der Waals surface area contributed by atoms with Gasteiger partial charge in [-0.25, -0.2) is 0 Å². The van der Waals surface area contributed by atoms with Crippen LogP contribution in [0, 0.1) is 6.92 Å². The highest BCUT2D eigenvalue weighted by Gasteiger charge is 2.24. The van der Waals surface area contributed by atoms with Crippen LogP contribution in [-0.2, 0) is 19.5 Å². The Balaban J connectivity index is 1.91. The molecule has 1 N–H and O–H groups in total. The number of hydrogen-bond donors (Lipinski definition) is 1. The zero-order valence-corrected chi connectivity index (χ0v) is 12.0. The van der Waals surface area contributed by atoms with Gasteiger partial charge in [0, 0.05) is 25.6 Å². The minimum atomic E-state index is 0.343. The molecule has 2 heterocycles. The molecule has 1 aliphatic rings. The molecular formula is C15H18ClN3. The molecule has 0 aliphatic carbocycles. The van der Waals surface area contributed by atoms with E-state index < -0.39 is 0 Å². The summed E-state index contributed by atoms with van der Waals surface area (Å²) in [6.45, 7) is 5.87. The van der Waals surface area contributed by atoms with E-state index in [0.29, 0.717) is 6.04 Å². The first-order valence-electron chi connectivity index (χ1n) is 6.73. The standard InChI is InChI=1S/C15H18ClN3/c1-3-19-14(15(16)10(2)18-19)8-13-12-7-5-4-6-11(12)9-17-13/h4-7,13,17H,3,8-9H2,1-2H3. The highest BCUT2D eigenvalue weighted by Crippen LogP contribution is 2.31. The predicted octanol–water partition coefficient (Wildman–Crippen LogP) is 3.25. The van der Waals surface area contributed by atoms with Gasteiger partial charge in [0.05, 0.1) is 16.4 Å².